The molecule has 0 bridgehead atoms. The van der Waals surface area contributed by atoms with E-state index in [1.807, 2.05) is 0 Å². The van der Waals surface area contributed by atoms with E-state index in [1.54, 1.807) is 21.3 Å². The largest absolute Gasteiger partial charge is 0.493 e. The van der Waals surface area contributed by atoms with Crippen LogP contribution in [0, 0.1) is 0 Å². The Balaban J connectivity index is 1.91. The molecule has 1 aromatic rings. The highest BCUT2D eigenvalue weighted by molar-refractivity contribution is 5.79. The number of benzene rings is 1. The number of nitrogens with one attached hydrogen (secondary N) is 2. The number of ether oxygens (including phenoxy) is 2. The zero-order chi connectivity index (χ0) is 17.5. The highest BCUT2D eigenvalue weighted by atomic mass is 16.5. The fraction of sp³-hybridized carbons (Fsp3) is 0.611. The summed E-state index contributed by atoms with van der Waals surface area (Å²) in [6, 6.07) is 4.59. The molecular formula is C18H30N4O2. The summed E-state index contributed by atoms with van der Waals surface area (Å²) in [5.41, 5.74) is 2.68. The summed E-state index contributed by atoms with van der Waals surface area (Å²) >= 11 is 0. The molecule has 1 aliphatic rings. The molecule has 0 amide bonds. The number of fused-ring (bicyclic) bond motifs is 1. The summed E-state index contributed by atoms with van der Waals surface area (Å²) in [6.45, 7) is 8.06. The van der Waals surface area contributed by atoms with Gasteiger partial charge in [0.25, 0.3) is 0 Å². The number of rotatable bonds is 6. The van der Waals surface area contributed by atoms with E-state index < -0.39 is 0 Å². The smallest absolute Gasteiger partial charge is 0.191 e. The molecule has 0 spiro atoms. The molecule has 0 aliphatic carbocycles. The van der Waals surface area contributed by atoms with Crippen LogP contribution in [0.3, 0.4) is 0 Å². The third-order valence-electron chi connectivity index (χ3n) is 4.17. The third kappa shape index (κ3) is 4.77. The van der Waals surface area contributed by atoms with Crippen LogP contribution in [0.5, 0.6) is 11.5 Å². The van der Waals surface area contributed by atoms with Crippen LogP contribution < -0.4 is 20.1 Å². The lowest BCUT2D eigenvalue weighted by molar-refractivity contribution is 0.256. The van der Waals surface area contributed by atoms with E-state index in [2.05, 4.69) is 46.5 Å². The molecule has 6 heteroatoms. The summed E-state index contributed by atoms with van der Waals surface area (Å²) in [4.78, 5) is 6.68. The van der Waals surface area contributed by atoms with E-state index in [0.29, 0.717) is 6.04 Å². The molecular weight excluding hydrogens is 304 g/mol. The maximum atomic E-state index is 5.42. The van der Waals surface area contributed by atoms with Crippen molar-refractivity contribution in [2.45, 2.75) is 32.9 Å². The highest BCUT2D eigenvalue weighted by Crippen LogP contribution is 2.33. The lowest BCUT2D eigenvalue weighted by Crippen LogP contribution is -2.44. The fourth-order valence-electron chi connectivity index (χ4n) is 2.93. The Morgan fingerprint density at radius 2 is 1.88 bits per heavy atom. The quantitative estimate of drug-likeness (QED) is 0.612. The molecule has 0 saturated heterocycles. The second-order valence-electron chi connectivity index (χ2n) is 6.30. The van der Waals surface area contributed by atoms with E-state index in [4.69, 9.17) is 9.47 Å². The maximum Gasteiger partial charge on any atom is 0.191 e. The molecule has 134 valence electrons. The fourth-order valence-corrected chi connectivity index (χ4v) is 2.93. The van der Waals surface area contributed by atoms with Crippen molar-refractivity contribution in [3.8, 4) is 11.5 Å². The summed E-state index contributed by atoms with van der Waals surface area (Å²) in [7, 11) is 5.17. The zero-order valence-corrected chi connectivity index (χ0v) is 15.5. The number of hydrogen-bond donors (Lipinski definition) is 2. The van der Waals surface area contributed by atoms with Crippen LogP contribution in [-0.4, -0.2) is 57.8 Å². The average molecular weight is 334 g/mol. The van der Waals surface area contributed by atoms with Gasteiger partial charge in [-0.25, -0.2) is 0 Å². The number of guanidine groups is 1. The van der Waals surface area contributed by atoms with Gasteiger partial charge in [0.05, 0.1) is 14.2 Å². The standard InChI is InChI=1S/C18H30N4O2/c1-13(2)21-18(19-3)20-7-9-22-8-6-14-10-16(23-4)17(24-5)11-15(14)12-22/h10-11,13H,6-9,12H2,1-5H3,(H2,19,20,21). The second-order valence-corrected chi connectivity index (χ2v) is 6.30. The molecule has 1 heterocycles. The maximum absolute atomic E-state index is 5.42. The third-order valence-corrected chi connectivity index (χ3v) is 4.17. The first kappa shape index (κ1) is 18.4. The van der Waals surface area contributed by atoms with Crippen molar-refractivity contribution in [1.82, 2.24) is 15.5 Å². The van der Waals surface area contributed by atoms with Gasteiger partial charge in [0, 0.05) is 39.3 Å². The number of aliphatic imine (C=N–C) groups is 1. The van der Waals surface area contributed by atoms with Gasteiger partial charge in [-0.15, -0.1) is 0 Å². The molecule has 24 heavy (non-hydrogen) atoms. The van der Waals surface area contributed by atoms with Crippen LogP contribution in [0.15, 0.2) is 17.1 Å². The van der Waals surface area contributed by atoms with Crippen molar-refractivity contribution in [3.05, 3.63) is 23.3 Å². The molecule has 0 fully saturated rings. The van der Waals surface area contributed by atoms with E-state index >= 15 is 0 Å². The molecule has 6 nitrogen and oxygen atoms in total. The zero-order valence-electron chi connectivity index (χ0n) is 15.5. The van der Waals surface area contributed by atoms with Crippen molar-refractivity contribution in [1.29, 1.82) is 0 Å². The average Bonchev–Trinajstić information content (AvgIpc) is 2.59. The Bertz CT molecular complexity index is 572. The van der Waals surface area contributed by atoms with Gasteiger partial charge in [-0.2, -0.15) is 0 Å². The number of hydrogen-bond acceptors (Lipinski definition) is 4. The second kappa shape index (κ2) is 8.78. The van der Waals surface area contributed by atoms with Crippen LogP contribution in [0.1, 0.15) is 25.0 Å². The molecule has 2 rings (SSSR count). The molecule has 2 N–H and O–H groups in total. The van der Waals surface area contributed by atoms with Gasteiger partial charge in [-0.3, -0.25) is 9.89 Å². The van der Waals surface area contributed by atoms with Crippen LogP contribution >= 0.6 is 0 Å². The van der Waals surface area contributed by atoms with Gasteiger partial charge < -0.3 is 20.1 Å². The topological polar surface area (TPSA) is 58.1 Å². The van der Waals surface area contributed by atoms with Gasteiger partial charge in [0.15, 0.2) is 17.5 Å². The molecule has 0 unspecified atom stereocenters. The van der Waals surface area contributed by atoms with E-state index in [0.717, 1.165) is 50.1 Å². The summed E-state index contributed by atoms with van der Waals surface area (Å²) in [5, 5.41) is 6.67. The van der Waals surface area contributed by atoms with E-state index in [1.165, 1.54) is 11.1 Å². The Kier molecular flexibility index (Phi) is 6.73. The first-order chi connectivity index (χ1) is 11.6. The van der Waals surface area contributed by atoms with Gasteiger partial charge in [0.2, 0.25) is 0 Å². The van der Waals surface area contributed by atoms with E-state index in [9.17, 15) is 0 Å². The van der Waals surface area contributed by atoms with Crippen molar-refractivity contribution in [2.24, 2.45) is 4.99 Å². The monoisotopic (exact) mass is 334 g/mol. The Morgan fingerprint density at radius 3 is 2.46 bits per heavy atom. The predicted molar refractivity (Wildman–Crippen MR) is 98.2 cm³/mol. The summed E-state index contributed by atoms with van der Waals surface area (Å²) < 4.78 is 10.8. The first-order valence-electron chi connectivity index (χ1n) is 8.50. The normalized spacial score (nSPS) is 15.2. The van der Waals surface area contributed by atoms with Gasteiger partial charge in [-0.1, -0.05) is 0 Å². The van der Waals surface area contributed by atoms with Crippen LogP contribution in [-0.2, 0) is 13.0 Å². The van der Waals surface area contributed by atoms with Gasteiger partial charge in [-0.05, 0) is 43.5 Å². The van der Waals surface area contributed by atoms with Crippen molar-refractivity contribution < 1.29 is 9.47 Å². The first-order valence-corrected chi connectivity index (χ1v) is 8.50. The van der Waals surface area contributed by atoms with Gasteiger partial charge >= 0.3 is 0 Å². The minimum atomic E-state index is 0.375. The minimum absolute atomic E-state index is 0.375. The molecule has 0 aromatic heterocycles. The predicted octanol–water partition coefficient (Wildman–Crippen LogP) is 1.64. The van der Waals surface area contributed by atoms with Crippen molar-refractivity contribution >= 4 is 5.96 Å². The van der Waals surface area contributed by atoms with Crippen LogP contribution in [0.2, 0.25) is 0 Å². The molecule has 1 aliphatic heterocycles. The number of nitrogens with zero attached hydrogens (tertiary/aromatic N) is 2. The Morgan fingerprint density at radius 1 is 1.21 bits per heavy atom. The van der Waals surface area contributed by atoms with Gasteiger partial charge in [0.1, 0.15) is 0 Å². The van der Waals surface area contributed by atoms with Crippen molar-refractivity contribution in [2.75, 3.05) is 40.9 Å². The van der Waals surface area contributed by atoms with Crippen LogP contribution in [0.4, 0.5) is 0 Å². The van der Waals surface area contributed by atoms with E-state index in [-0.39, 0.29) is 0 Å². The number of methoxy groups -OCH3 is 2. The SMILES string of the molecule is CN=C(NCCN1CCc2cc(OC)c(OC)cc2C1)NC(C)C. The lowest BCUT2D eigenvalue weighted by atomic mass is 9.99. The minimum Gasteiger partial charge on any atom is -0.493 e. The molecule has 0 radical (unpaired) electrons. The highest BCUT2D eigenvalue weighted by Gasteiger charge is 2.19. The lowest BCUT2D eigenvalue weighted by Gasteiger charge is -2.29. The summed E-state index contributed by atoms with van der Waals surface area (Å²) in [5.74, 6) is 2.47. The summed E-state index contributed by atoms with van der Waals surface area (Å²) in [6.07, 6.45) is 1.04. The van der Waals surface area contributed by atoms with Crippen molar-refractivity contribution in [3.63, 3.8) is 0 Å². The molecule has 1 aromatic carbocycles. The molecule has 0 saturated carbocycles. The Hall–Kier alpha value is -1.95. The molecule has 0 atom stereocenters. The Labute approximate surface area is 145 Å². The van der Waals surface area contributed by atoms with Crippen LogP contribution in [0.25, 0.3) is 0 Å².